The molecule has 2 unspecified atom stereocenters. The molecule has 11 heteroatoms. The molecule has 0 saturated carbocycles. The van der Waals surface area contributed by atoms with E-state index in [2.05, 4.69) is 21.2 Å². The summed E-state index contributed by atoms with van der Waals surface area (Å²) in [4.78, 5) is 48.9. The van der Waals surface area contributed by atoms with Crippen molar-refractivity contribution in [2.45, 2.75) is 45.4 Å². The third kappa shape index (κ3) is 8.39. The van der Waals surface area contributed by atoms with Crippen LogP contribution < -0.4 is 10.1 Å². The van der Waals surface area contributed by atoms with E-state index in [0.29, 0.717) is 17.1 Å². The van der Waals surface area contributed by atoms with Crippen LogP contribution in [0.25, 0.3) is 0 Å². The number of amides is 2. The fourth-order valence-corrected chi connectivity index (χ4v) is 4.35. The number of nitrogens with one attached hydrogen (secondary N) is 1. The Labute approximate surface area is 205 Å². The lowest BCUT2D eigenvalue weighted by Crippen LogP contribution is -2.72. The fourth-order valence-electron chi connectivity index (χ4n) is 3.16. The minimum absolute atomic E-state index is 0.179. The Morgan fingerprint density at radius 1 is 1.33 bits per heavy atom. The smallest absolute Gasteiger partial charge is 0.323 e. The molecule has 1 saturated heterocycles. The number of thioether (sulfide) groups is 1. The molecule has 1 aliphatic rings. The minimum atomic E-state index is -1.15. The molecule has 1 fully saturated rings. The summed E-state index contributed by atoms with van der Waals surface area (Å²) in [6.45, 7) is 4.54. The van der Waals surface area contributed by atoms with Crippen molar-refractivity contribution in [1.82, 2.24) is 10.2 Å². The first kappa shape index (κ1) is 26.7. The molecule has 1 aromatic carbocycles. The summed E-state index contributed by atoms with van der Waals surface area (Å²) in [5.74, 6) is -1.45. The highest BCUT2D eigenvalue weighted by Gasteiger charge is 2.49. The average molecular weight is 543 g/mol. The van der Waals surface area contributed by atoms with E-state index in [4.69, 9.17) is 14.6 Å². The molecular weight excluding hydrogens is 516 g/mol. The Balaban J connectivity index is 1.95. The quantitative estimate of drug-likeness (QED) is 0.235. The Morgan fingerprint density at radius 2 is 2.06 bits per heavy atom. The number of carboxylic acid groups (broad SMARTS) is 1. The Kier molecular flexibility index (Phi) is 10.2. The van der Waals surface area contributed by atoms with Gasteiger partial charge < -0.3 is 24.8 Å². The number of carbonyl (C=O) groups excluding carboxylic acids is 3. The molecule has 33 heavy (non-hydrogen) atoms. The Hall–Kier alpha value is -2.53. The number of hydrogen-bond donors (Lipinski definition) is 2. The first-order chi connectivity index (χ1) is 15.6. The molecule has 1 aliphatic heterocycles. The summed E-state index contributed by atoms with van der Waals surface area (Å²) >= 11 is 4.68. The van der Waals surface area contributed by atoms with Crippen LogP contribution in [0.1, 0.15) is 27.2 Å². The number of rotatable bonds is 12. The van der Waals surface area contributed by atoms with Gasteiger partial charge in [-0.3, -0.25) is 19.2 Å². The first-order valence-electron chi connectivity index (χ1n) is 10.3. The molecular formula is C22H27BrN2O7S. The molecule has 0 aliphatic carbocycles. The van der Waals surface area contributed by atoms with Crippen molar-refractivity contribution < 1.29 is 33.8 Å². The number of aliphatic carboxylic acids is 1. The van der Waals surface area contributed by atoms with Crippen LogP contribution in [0.5, 0.6) is 5.75 Å². The number of β-lactam (4-membered cyclic amide) rings is 1. The van der Waals surface area contributed by atoms with Gasteiger partial charge in [-0.1, -0.05) is 22.0 Å². The molecule has 0 bridgehead atoms. The standard InChI is InChI=1S/C22H27BrN2O7S/c1-13(2)32-19(29)7-8-33-12-14(3)21-20(22(30)25(21)10-18(27)28)24-17(26)11-31-16-6-4-5-15(23)9-16/h4-6,9,12-13,20-21H,7-8,10-11H2,1-3H3,(H,24,26)(H,27,28). The zero-order valence-corrected chi connectivity index (χ0v) is 21.0. The van der Waals surface area contributed by atoms with E-state index in [9.17, 15) is 19.2 Å². The number of halogens is 1. The van der Waals surface area contributed by atoms with Crippen molar-refractivity contribution in [2.75, 3.05) is 18.9 Å². The zero-order chi connectivity index (χ0) is 24.5. The molecule has 0 spiro atoms. The fraction of sp³-hybridized carbons (Fsp3) is 0.455. The van der Waals surface area contributed by atoms with Crippen molar-refractivity contribution >= 4 is 51.4 Å². The molecule has 1 aromatic rings. The van der Waals surface area contributed by atoms with Crippen LogP contribution >= 0.6 is 27.7 Å². The van der Waals surface area contributed by atoms with Gasteiger partial charge in [0, 0.05) is 10.2 Å². The van der Waals surface area contributed by atoms with E-state index in [1.807, 2.05) is 6.07 Å². The van der Waals surface area contributed by atoms with Gasteiger partial charge in [0.2, 0.25) is 5.91 Å². The van der Waals surface area contributed by atoms with Crippen molar-refractivity contribution in [1.29, 1.82) is 0 Å². The third-order valence-electron chi connectivity index (χ3n) is 4.52. The monoisotopic (exact) mass is 542 g/mol. The van der Waals surface area contributed by atoms with Crippen LogP contribution in [0.4, 0.5) is 0 Å². The maximum absolute atomic E-state index is 12.5. The summed E-state index contributed by atoms with van der Waals surface area (Å²) < 4.78 is 11.3. The van der Waals surface area contributed by atoms with Crippen LogP contribution in [0, 0.1) is 0 Å². The second kappa shape index (κ2) is 12.6. The SMILES string of the molecule is CC(=CSCCC(=O)OC(C)C)C1C(NC(=O)COc2cccc(Br)c2)C(=O)N1CC(=O)O. The average Bonchev–Trinajstić information content (AvgIpc) is 2.73. The lowest BCUT2D eigenvalue weighted by molar-refractivity contribution is -0.158. The second-order valence-corrected chi connectivity index (χ2v) is 9.51. The molecule has 0 aromatic heterocycles. The number of carbonyl (C=O) groups is 4. The zero-order valence-electron chi connectivity index (χ0n) is 18.6. The molecule has 9 nitrogen and oxygen atoms in total. The van der Waals surface area contributed by atoms with Crippen molar-refractivity contribution in [3.05, 3.63) is 39.7 Å². The van der Waals surface area contributed by atoms with E-state index >= 15 is 0 Å². The third-order valence-corrected chi connectivity index (χ3v) is 5.99. The molecule has 2 N–H and O–H groups in total. The topological polar surface area (TPSA) is 122 Å². The summed E-state index contributed by atoms with van der Waals surface area (Å²) in [5, 5.41) is 13.5. The number of likely N-dealkylation sites (tertiary alicyclic amines) is 1. The number of nitrogens with zero attached hydrogens (tertiary/aromatic N) is 1. The van der Waals surface area contributed by atoms with Gasteiger partial charge >= 0.3 is 11.9 Å². The molecule has 2 rings (SSSR count). The van der Waals surface area contributed by atoms with Gasteiger partial charge in [-0.25, -0.2) is 0 Å². The normalized spacial score (nSPS) is 18.0. The number of esters is 1. The number of benzene rings is 1. The highest BCUT2D eigenvalue weighted by Crippen LogP contribution is 2.28. The van der Waals surface area contributed by atoms with Gasteiger partial charge in [-0.15, -0.1) is 11.8 Å². The van der Waals surface area contributed by atoms with Gasteiger partial charge in [0.1, 0.15) is 18.3 Å². The maximum Gasteiger partial charge on any atom is 0.323 e. The predicted molar refractivity (Wildman–Crippen MR) is 127 cm³/mol. The van der Waals surface area contributed by atoms with Gasteiger partial charge in [-0.05, 0) is 50.0 Å². The predicted octanol–water partition coefficient (Wildman–Crippen LogP) is 2.59. The molecule has 2 amide bonds. The van der Waals surface area contributed by atoms with Crippen molar-refractivity contribution in [2.24, 2.45) is 0 Å². The van der Waals surface area contributed by atoms with Crippen LogP contribution in [-0.4, -0.2) is 70.9 Å². The molecule has 2 atom stereocenters. The molecule has 180 valence electrons. The summed E-state index contributed by atoms with van der Waals surface area (Å²) in [7, 11) is 0. The van der Waals surface area contributed by atoms with Crippen LogP contribution in [0.15, 0.2) is 39.7 Å². The summed E-state index contributed by atoms with van der Waals surface area (Å²) in [5.41, 5.74) is 0.705. The van der Waals surface area contributed by atoms with Crippen molar-refractivity contribution in [3.8, 4) is 5.75 Å². The van der Waals surface area contributed by atoms with E-state index < -0.39 is 36.4 Å². The molecule has 1 heterocycles. The largest absolute Gasteiger partial charge is 0.484 e. The lowest BCUT2D eigenvalue weighted by atomic mass is 9.89. The first-order valence-corrected chi connectivity index (χ1v) is 12.1. The molecule has 0 radical (unpaired) electrons. The maximum atomic E-state index is 12.5. The number of hydrogen-bond acceptors (Lipinski definition) is 7. The lowest BCUT2D eigenvalue weighted by Gasteiger charge is -2.47. The van der Waals surface area contributed by atoms with E-state index in [-0.39, 0.29) is 25.1 Å². The number of carboxylic acids is 1. The van der Waals surface area contributed by atoms with Gasteiger partial charge in [0.05, 0.1) is 18.6 Å². The van der Waals surface area contributed by atoms with Crippen LogP contribution in [0.2, 0.25) is 0 Å². The van der Waals surface area contributed by atoms with Crippen LogP contribution in [-0.2, 0) is 23.9 Å². The minimum Gasteiger partial charge on any atom is -0.484 e. The van der Waals surface area contributed by atoms with Gasteiger partial charge in [0.15, 0.2) is 6.61 Å². The van der Waals surface area contributed by atoms with Gasteiger partial charge in [-0.2, -0.15) is 0 Å². The summed E-state index contributed by atoms with van der Waals surface area (Å²) in [6.07, 6.45) is 0.0458. The summed E-state index contributed by atoms with van der Waals surface area (Å²) in [6, 6.07) is 5.51. The Morgan fingerprint density at radius 3 is 2.70 bits per heavy atom. The Bertz CT molecular complexity index is 922. The van der Waals surface area contributed by atoms with Gasteiger partial charge in [0.25, 0.3) is 5.91 Å². The van der Waals surface area contributed by atoms with Crippen LogP contribution in [0.3, 0.4) is 0 Å². The highest BCUT2D eigenvalue weighted by molar-refractivity contribution is 9.10. The van der Waals surface area contributed by atoms with E-state index in [1.54, 1.807) is 44.4 Å². The second-order valence-electron chi connectivity index (χ2n) is 7.62. The highest BCUT2D eigenvalue weighted by atomic mass is 79.9. The number of ether oxygens (including phenoxy) is 2. The van der Waals surface area contributed by atoms with E-state index in [0.717, 1.165) is 4.47 Å². The van der Waals surface area contributed by atoms with Crippen molar-refractivity contribution in [3.63, 3.8) is 0 Å². The van der Waals surface area contributed by atoms with E-state index in [1.165, 1.54) is 16.7 Å².